The molecule has 1 aliphatic rings. The van der Waals surface area contributed by atoms with Crippen molar-refractivity contribution in [3.63, 3.8) is 0 Å². The summed E-state index contributed by atoms with van der Waals surface area (Å²) in [6.45, 7) is 18.8. The normalized spacial score (nSPS) is 14.7. The van der Waals surface area contributed by atoms with Crippen molar-refractivity contribution in [3.05, 3.63) is 24.4 Å². The van der Waals surface area contributed by atoms with E-state index in [9.17, 15) is 0 Å². The minimum Gasteiger partial charge on any atom is -0.328 e. The fraction of sp³-hybridized carbons (Fsp3) is 0.750. The molecule has 134 valence electrons. The maximum atomic E-state index is 4.64. The molecule has 1 rings (SSSR count). The second-order valence-corrected chi connectivity index (χ2v) is 6.41. The predicted octanol–water partition coefficient (Wildman–Crippen LogP) is 5.15. The Morgan fingerprint density at radius 2 is 1.83 bits per heavy atom. The molecule has 0 bridgehead atoms. The van der Waals surface area contributed by atoms with E-state index in [1.807, 2.05) is 6.92 Å². The number of hydrogen-bond donors (Lipinski definition) is 1. The number of amidine groups is 1. The molecule has 0 spiro atoms. The van der Waals surface area contributed by atoms with Gasteiger partial charge in [0.15, 0.2) is 0 Å². The molecule has 0 atom stereocenters. The van der Waals surface area contributed by atoms with E-state index in [2.05, 4.69) is 68.6 Å². The van der Waals surface area contributed by atoms with Crippen LogP contribution in [0.1, 0.15) is 73.6 Å². The van der Waals surface area contributed by atoms with Crippen LogP contribution in [0.2, 0.25) is 0 Å². The number of nitrogens with one attached hydrogen (secondary N) is 1. The summed E-state index contributed by atoms with van der Waals surface area (Å²) in [6.07, 6.45) is 10.2. The molecule has 1 aliphatic heterocycles. The third-order valence-corrected chi connectivity index (χ3v) is 3.81. The van der Waals surface area contributed by atoms with Crippen LogP contribution >= 0.6 is 0 Å². The van der Waals surface area contributed by atoms with E-state index in [-0.39, 0.29) is 0 Å². The molecular weight excluding hydrogens is 282 g/mol. The lowest BCUT2D eigenvalue weighted by atomic mass is 10.0. The van der Waals surface area contributed by atoms with Gasteiger partial charge < -0.3 is 10.2 Å². The second-order valence-electron chi connectivity index (χ2n) is 6.41. The van der Waals surface area contributed by atoms with Crippen LogP contribution in [0.25, 0.3) is 0 Å². The Kier molecular flexibility index (Phi) is 12.7. The van der Waals surface area contributed by atoms with Crippen molar-refractivity contribution in [3.8, 4) is 0 Å². The van der Waals surface area contributed by atoms with Crippen LogP contribution in [0.15, 0.2) is 29.4 Å². The van der Waals surface area contributed by atoms with Gasteiger partial charge in [-0.1, -0.05) is 66.2 Å². The van der Waals surface area contributed by atoms with E-state index in [0.717, 1.165) is 19.5 Å². The first-order valence-corrected chi connectivity index (χ1v) is 9.36. The Labute approximate surface area is 144 Å². The van der Waals surface area contributed by atoms with Crippen LogP contribution in [-0.2, 0) is 0 Å². The summed E-state index contributed by atoms with van der Waals surface area (Å²) in [5, 5.41) is 3.46. The van der Waals surface area contributed by atoms with Crippen LogP contribution in [0, 0.1) is 0 Å². The third-order valence-electron chi connectivity index (χ3n) is 3.81. The van der Waals surface area contributed by atoms with Gasteiger partial charge in [-0.15, -0.1) is 0 Å². The van der Waals surface area contributed by atoms with E-state index in [0.29, 0.717) is 12.1 Å². The predicted molar refractivity (Wildman–Crippen MR) is 105 cm³/mol. The van der Waals surface area contributed by atoms with Gasteiger partial charge in [-0.25, -0.2) is 0 Å². The smallest absolute Gasteiger partial charge is 0.118 e. The second kappa shape index (κ2) is 13.4. The standard InChI is InChI=1S/C15H29N3.C5H10/c1-6-8-14(9-7-2)18-13(5)10-17-15(18)11-16-12(3)4;1-3-5-4-2/h12,14,16H,5-11H2,1-4H3;3,5H,4H2,1-2H3/b;5-3-. The van der Waals surface area contributed by atoms with E-state index < -0.39 is 0 Å². The largest absolute Gasteiger partial charge is 0.328 e. The van der Waals surface area contributed by atoms with Gasteiger partial charge in [-0.2, -0.15) is 0 Å². The lowest BCUT2D eigenvalue weighted by Crippen LogP contribution is -2.42. The third kappa shape index (κ3) is 8.95. The Hall–Kier alpha value is -1.09. The van der Waals surface area contributed by atoms with Crippen LogP contribution in [0.3, 0.4) is 0 Å². The van der Waals surface area contributed by atoms with Gasteiger partial charge in [0.25, 0.3) is 0 Å². The Morgan fingerprint density at radius 1 is 1.22 bits per heavy atom. The van der Waals surface area contributed by atoms with Crippen LogP contribution < -0.4 is 5.32 Å². The van der Waals surface area contributed by atoms with Crippen LogP contribution in [0.4, 0.5) is 0 Å². The maximum absolute atomic E-state index is 4.64. The van der Waals surface area contributed by atoms with Crippen molar-refractivity contribution in [2.24, 2.45) is 4.99 Å². The van der Waals surface area contributed by atoms with Gasteiger partial charge in [0.2, 0.25) is 0 Å². The molecule has 0 fully saturated rings. The fourth-order valence-electron chi connectivity index (χ4n) is 2.73. The molecule has 0 amide bonds. The van der Waals surface area contributed by atoms with Crippen molar-refractivity contribution in [2.45, 2.75) is 85.7 Å². The summed E-state index contributed by atoms with van der Waals surface area (Å²) >= 11 is 0. The van der Waals surface area contributed by atoms with Gasteiger partial charge in [0.05, 0.1) is 13.1 Å². The molecule has 0 aromatic rings. The summed E-state index contributed by atoms with van der Waals surface area (Å²) < 4.78 is 0. The lowest BCUT2D eigenvalue weighted by Gasteiger charge is -2.32. The van der Waals surface area contributed by atoms with E-state index in [4.69, 9.17) is 0 Å². The molecule has 0 unspecified atom stereocenters. The molecule has 0 radical (unpaired) electrons. The van der Waals surface area contributed by atoms with Crippen molar-refractivity contribution in [1.82, 2.24) is 10.2 Å². The molecule has 0 aromatic heterocycles. The molecule has 3 heteroatoms. The monoisotopic (exact) mass is 321 g/mol. The zero-order valence-corrected chi connectivity index (χ0v) is 16.4. The number of aliphatic imine (C=N–C) groups is 1. The number of allylic oxidation sites excluding steroid dienone is 2. The Morgan fingerprint density at radius 3 is 2.22 bits per heavy atom. The van der Waals surface area contributed by atoms with E-state index >= 15 is 0 Å². The molecular formula is C20H39N3. The van der Waals surface area contributed by atoms with Gasteiger partial charge in [-0.3, -0.25) is 4.99 Å². The number of hydrogen-bond acceptors (Lipinski definition) is 3. The first-order chi connectivity index (χ1) is 11.0. The Balaban J connectivity index is 0.000000841. The van der Waals surface area contributed by atoms with Crippen LogP contribution in [0.5, 0.6) is 0 Å². The molecule has 3 nitrogen and oxygen atoms in total. The highest BCUT2D eigenvalue weighted by atomic mass is 15.3. The van der Waals surface area contributed by atoms with E-state index in [1.54, 1.807) is 0 Å². The molecule has 0 aromatic carbocycles. The summed E-state index contributed by atoms with van der Waals surface area (Å²) in [7, 11) is 0. The average Bonchev–Trinajstić information content (AvgIpc) is 2.87. The fourth-order valence-corrected chi connectivity index (χ4v) is 2.73. The summed E-state index contributed by atoms with van der Waals surface area (Å²) in [6, 6.07) is 1.09. The van der Waals surface area contributed by atoms with Crippen LogP contribution in [-0.4, -0.2) is 35.9 Å². The first kappa shape index (κ1) is 21.9. The minimum atomic E-state index is 0.499. The van der Waals surface area contributed by atoms with Gasteiger partial charge in [0, 0.05) is 17.8 Å². The Bertz CT molecular complexity index is 363. The first-order valence-electron chi connectivity index (χ1n) is 9.36. The topological polar surface area (TPSA) is 27.6 Å². The molecule has 1 N–H and O–H groups in total. The quantitative estimate of drug-likeness (QED) is 0.594. The van der Waals surface area contributed by atoms with Crippen molar-refractivity contribution in [1.29, 1.82) is 0 Å². The van der Waals surface area contributed by atoms with Gasteiger partial charge >= 0.3 is 0 Å². The van der Waals surface area contributed by atoms with Crippen molar-refractivity contribution >= 4 is 5.84 Å². The molecule has 0 saturated carbocycles. The SMILES string of the molecule is C/C=C\CC.C=C1CN=C(CNC(C)C)N1C(CCC)CCC. The average molecular weight is 322 g/mol. The van der Waals surface area contributed by atoms with Gasteiger partial charge in [-0.05, 0) is 26.2 Å². The highest BCUT2D eigenvalue weighted by molar-refractivity contribution is 5.88. The summed E-state index contributed by atoms with van der Waals surface area (Å²) in [4.78, 5) is 7.03. The number of rotatable bonds is 9. The maximum Gasteiger partial charge on any atom is 0.118 e. The zero-order chi connectivity index (χ0) is 17.7. The van der Waals surface area contributed by atoms with Gasteiger partial charge in [0.1, 0.15) is 5.84 Å². The molecule has 1 heterocycles. The summed E-state index contributed by atoms with van der Waals surface area (Å²) in [5.74, 6) is 1.18. The van der Waals surface area contributed by atoms with Crippen molar-refractivity contribution in [2.75, 3.05) is 13.1 Å². The molecule has 0 saturated heterocycles. The number of nitrogens with zero attached hydrogens (tertiary/aromatic N) is 2. The van der Waals surface area contributed by atoms with Crippen molar-refractivity contribution < 1.29 is 0 Å². The molecule has 23 heavy (non-hydrogen) atoms. The lowest BCUT2D eigenvalue weighted by molar-refractivity contribution is 0.332. The minimum absolute atomic E-state index is 0.499. The highest BCUT2D eigenvalue weighted by Crippen LogP contribution is 2.22. The summed E-state index contributed by atoms with van der Waals surface area (Å²) in [5.41, 5.74) is 1.17. The zero-order valence-electron chi connectivity index (χ0n) is 16.4. The van der Waals surface area contributed by atoms with E-state index in [1.165, 1.54) is 37.2 Å². The molecule has 0 aliphatic carbocycles. The highest BCUT2D eigenvalue weighted by Gasteiger charge is 2.26.